The molecular formula is C23H24BrF3N4O. The molecular weight excluding hydrogens is 485 g/mol. The highest BCUT2D eigenvalue weighted by atomic mass is 79.9. The van der Waals surface area contributed by atoms with Crippen LogP contribution in [0.4, 0.5) is 18.9 Å². The summed E-state index contributed by atoms with van der Waals surface area (Å²) in [6, 6.07) is 12.6. The first-order valence-corrected chi connectivity index (χ1v) is 11.2. The first-order valence-electron chi connectivity index (χ1n) is 10.4. The number of piperazine rings is 1. The molecule has 1 fully saturated rings. The van der Waals surface area contributed by atoms with Gasteiger partial charge in [0.25, 0.3) is 5.91 Å². The molecule has 1 heterocycles. The number of anilines is 1. The molecule has 2 aromatic carbocycles. The van der Waals surface area contributed by atoms with Crippen LogP contribution in [-0.4, -0.2) is 50.1 Å². The van der Waals surface area contributed by atoms with Gasteiger partial charge in [0.05, 0.1) is 17.2 Å². The van der Waals surface area contributed by atoms with Gasteiger partial charge in [-0.3, -0.25) is 9.69 Å². The van der Waals surface area contributed by atoms with E-state index in [0.29, 0.717) is 30.9 Å². The van der Waals surface area contributed by atoms with E-state index < -0.39 is 11.7 Å². The van der Waals surface area contributed by atoms with Gasteiger partial charge in [0.15, 0.2) is 0 Å². The lowest BCUT2D eigenvalue weighted by molar-refractivity contribution is -0.137. The van der Waals surface area contributed by atoms with Gasteiger partial charge in [-0.25, -0.2) is 0 Å². The van der Waals surface area contributed by atoms with Crippen molar-refractivity contribution in [2.24, 2.45) is 0 Å². The van der Waals surface area contributed by atoms with E-state index >= 15 is 0 Å². The van der Waals surface area contributed by atoms with Crippen LogP contribution < -0.4 is 10.2 Å². The molecule has 1 N–H and O–H groups in total. The van der Waals surface area contributed by atoms with Crippen molar-refractivity contribution in [3.8, 4) is 6.07 Å². The van der Waals surface area contributed by atoms with Crippen molar-refractivity contribution in [1.29, 1.82) is 5.26 Å². The van der Waals surface area contributed by atoms with Gasteiger partial charge in [-0.2, -0.15) is 18.4 Å². The van der Waals surface area contributed by atoms with Gasteiger partial charge in [0.2, 0.25) is 0 Å². The zero-order valence-corrected chi connectivity index (χ0v) is 19.0. The number of benzene rings is 2. The van der Waals surface area contributed by atoms with Gasteiger partial charge in [-0.1, -0.05) is 22.0 Å². The highest BCUT2D eigenvalue weighted by molar-refractivity contribution is 9.10. The van der Waals surface area contributed by atoms with Crippen molar-refractivity contribution in [3.63, 3.8) is 0 Å². The molecule has 1 saturated heterocycles. The van der Waals surface area contributed by atoms with E-state index in [1.54, 1.807) is 12.1 Å². The standard InChI is InChI=1S/C23H24BrF3N4O/c24-20-5-3-4-18(14-20)22(32)29-6-1-2-7-30-8-10-31(11-9-30)21-13-17(16-28)12-19(15-21)23(25,26)27/h3-5,12-15H,1-2,6-11H2,(H,29,32). The molecule has 0 saturated carbocycles. The maximum Gasteiger partial charge on any atom is 0.416 e. The largest absolute Gasteiger partial charge is 0.416 e. The third kappa shape index (κ3) is 6.71. The molecule has 0 bridgehead atoms. The minimum absolute atomic E-state index is 0.0159. The Hall–Kier alpha value is -2.57. The number of hydrogen-bond donors (Lipinski definition) is 1. The van der Waals surface area contributed by atoms with Gasteiger partial charge in [0, 0.05) is 48.4 Å². The average Bonchev–Trinajstić information content (AvgIpc) is 2.78. The maximum atomic E-state index is 13.1. The molecule has 0 unspecified atom stereocenters. The molecule has 1 aliphatic rings. The smallest absolute Gasteiger partial charge is 0.369 e. The summed E-state index contributed by atoms with van der Waals surface area (Å²) in [5, 5.41) is 12.0. The molecule has 1 amide bonds. The molecule has 0 aliphatic carbocycles. The molecule has 0 radical (unpaired) electrons. The summed E-state index contributed by atoms with van der Waals surface area (Å²) in [7, 11) is 0. The topological polar surface area (TPSA) is 59.4 Å². The minimum atomic E-state index is -4.48. The molecule has 9 heteroatoms. The number of nitrogens with one attached hydrogen (secondary N) is 1. The molecule has 3 rings (SSSR count). The van der Waals surface area contributed by atoms with E-state index in [0.717, 1.165) is 49.1 Å². The van der Waals surface area contributed by atoms with E-state index in [9.17, 15) is 18.0 Å². The number of nitriles is 1. The van der Waals surface area contributed by atoms with Crippen LogP contribution in [0.15, 0.2) is 46.9 Å². The number of halogens is 4. The lowest BCUT2D eigenvalue weighted by Gasteiger charge is -2.36. The Morgan fingerprint density at radius 1 is 1.09 bits per heavy atom. The monoisotopic (exact) mass is 508 g/mol. The maximum absolute atomic E-state index is 13.1. The van der Waals surface area contributed by atoms with Gasteiger partial charge in [-0.05, 0) is 55.8 Å². The zero-order valence-electron chi connectivity index (χ0n) is 17.5. The minimum Gasteiger partial charge on any atom is -0.369 e. The molecule has 170 valence electrons. The Morgan fingerprint density at radius 2 is 1.84 bits per heavy atom. The second kappa shape index (κ2) is 10.8. The molecule has 32 heavy (non-hydrogen) atoms. The number of hydrogen-bond acceptors (Lipinski definition) is 4. The Bertz CT molecular complexity index is 982. The summed E-state index contributed by atoms with van der Waals surface area (Å²) < 4.78 is 40.2. The normalized spacial score (nSPS) is 14.8. The number of alkyl halides is 3. The van der Waals surface area contributed by atoms with Crippen LogP contribution in [0, 0.1) is 11.3 Å². The SMILES string of the molecule is N#Cc1cc(N2CCN(CCCCNC(=O)c3cccc(Br)c3)CC2)cc(C(F)(F)F)c1. The zero-order chi connectivity index (χ0) is 23.1. The second-order valence-corrected chi connectivity index (χ2v) is 8.60. The third-order valence-corrected chi connectivity index (χ3v) is 5.88. The van der Waals surface area contributed by atoms with Crippen molar-refractivity contribution >= 4 is 27.5 Å². The van der Waals surface area contributed by atoms with Gasteiger partial charge >= 0.3 is 6.18 Å². The Labute approximate surface area is 193 Å². The highest BCUT2D eigenvalue weighted by Crippen LogP contribution is 2.33. The average molecular weight is 509 g/mol. The first kappa shape index (κ1) is 24.1. The number of amides is 1. The number of carbonyl (C=O) groups excluding carboxylic acids is 1. The Balaban J connectivity index is 1.41. The fourth-order valence-corrected chi connectivity index (χ4v) is 4.04. The number of rotatable bonds is 7. The van der Waals surface area contributed by atoms with Crippen LogP contribution >= 0.6 is 15.9 Å². The van der Waals surface area contributed by atoms with Gasteiger partial charge in [0.1, 0.15) is 0 Å². The van der Waals surface area contributed by atoms with Crippen molar-refractivity contribution in [3.05, 3.63) is 63.6 Å². The molecule has 2 aromatic rings. The molecule has 1 aliphatic heterocycles. The fraction of sp³-hybridized carbons (Fsp3) is 0.391. The van der Waals surface area contributed by atoms with Crippen LogP contribution in [0.1, 0.15) is 34.3 Å². The fourth-order valence-electron chi connectivity index (χ4n) is 3.65. The van der Waals surface area contributed by atoms with E-state index in [1.807, 2.05) is 23.1 Å². The molecule has 5 nitrogen and oxygen atoms in total. The molecule has 0 aromatic heterocycles. The lowest BCUT2D eigenvalue weighted by atomic mass is 10.1. The van der Waals surface area contributed by atoms with E-state index in [-0.39, 0.29) is 11.5 Å². The van der Waals surface area contributed by atoms with Gasteiger partial charge < -0.3 is 10.2 Å². The van der Waals surface area contributed by atoms with Crippen molar-refractivity contribution in [2.75, 3.05) is 44.2 Å². The Morgan fingerprint density at radius 3 is 2.50 bits per heavy atom. The van der Waals surface area contributed by atoms with Crippen molar-refractivity contribution in [2.45, 2.75) is 19.0 Å². The predicted octanol–water partition coefficient (Wildman–Crippen LogP) is 4.67. The lowest BCUT2D eigenvalue weighted by Crippen LogP contribution is -2.46. The quantitative estimate of drug-likeness (QED) is 0.552. The molecule has 0 spiro atoms. The summed E-state index contributed by atoms with van der Waals surface area (Å²) in [6.45, 7) is 4.14. The number of nitrogens with zero attached hydrogens (tertiary/aromatic N) is 3. The highest BCUT2D eigenvalue weighted by Gasteiger charge is 2.32. The summed E-state index contributed by atoms with van der Waals surface area (Å²) in [6.07, 6.45) is -2.71. The van der Waals surface area contributed by atoms with Crippen LogP contribution in [0.5, 0.6) is 0 Å². The van der Waals surface area contributed by atoms with E-state index in [4.69, 9.17) is 5.26 Å². The summed E-state index contributed by atoms with van der Waals surface area (Å²) in [4.78, 5) is 16.3. The van der Waals surface area contributed by atoms with Crippen LogP contribution in [0.2, 0.25) is 0 Å². The Kier molecular flexibility index (Phi) is 8.15. The predicted molar refractivity (Wildman–Crippen MR) is 121 cm³/mol. The number of unbranched alkanes of at least 4 members (excludes halogenated alkanes) is 1. The van der Waals surface area contributed by atoms with Crippen molar-refractivity contribution in [1.82, 2.24) is 10.2 Å². The van der Waals surface area contributed by atoms with Crippen molar-refractivity contribution < 1.29 is 18.0 Å². The summed E-state index contributed by atoms with van der Waals surface area (Å²) >= 11 is 3.35. The first-order chi connectivity index (χ1) is 15.3. The van der Waals surface area contributed by atoms with Gasteiger partial charge in [-0.15, -0.1) is 0 Å². The summed E-state index contributed by atoms with van der Waals surface area (Å²) in [5.41, 5.74) is 0.275. The summed E-state index contributed by atoms with van der Waals surface area (Å²) in [5.74, 6) is -0.0993. The van der Waals surface area contributed by atoms with Crippen LogP contribution in [-0.2, 0) is 6.18 Å². The molecule has 0 atom stereocenters. The van der Waals surface area contributed by atoms with Crippen LogP contribution in [0.3, 0.4) is 0 Å². The van der Waals surface area contributed by atoms with Crippen LogP contribution in [0.25, 0.3) is 0 Å². The third-order valence-electron chi connectivity index (χ3n) is 5.39. The van der Waals surface area contributed by atoms with E-state index in [2.05, 4.69) is 26.1 Å². The van der Waals surface area contributed by atoms with E-state index in [1.165, 1.54) is 6.07 Å². The number of carbonyl (C=O) groups is 1. The second-order valence-electron chi connectivity index (χ2n) is 7.68.